The molecule has 2 aromatic rings. The molecule has 0 aliphatic carbocycles. The summed E-state index contributed by atoms with van der Waals surface area (Å²) in [6.45, 7) is 4.29. The third kappa shape index (κ3) is 3.70. The number of benzene rings is 2. The standard InChI is InChI=1S/C16H18Br2N2/c1-10-4-3-5-11(2)15(10)9-16(20-19)12-6-13(17)8-14(18)7-12/h3-8,16,20H,9,19H2,1-2H3. The van der Waals surface area contributed by atoms with Gasteiger partial charge in [-0.2, -0.15) is 0 Å². The predicted octanol–water partition coefficient (Wildman–Crippen LogP) is 4.58. The van der Waals surface area contributed by atoms with Gasteiger partial charge in [-0.1, -0.05) is 50.1 Å². The minimum Gasteiger partial charge on any atom is -0.271 e. The van der Waals surface area contributed by atoms with Gasteiger partial charge in [-0.25, -0.2) is 0 Å². The second-order valence-electron chi connectivity index (χ2n) is 5.00. The van der Waals surface area contributed by atoms with Gasteiger partial charge in [0.25, 0.3) is 0 Å². The van der Waals surface area contributed by atoms with Gasteiger partial charge in [0.2, 0.25) is 0 Å². The average Bonchev–Trinajstić information content (AvgIpc) is 2.37. The summed E-state index contributed by atoms with van der Waals surface area (Å²) in [6.07, 6.45) is 0.873. The summed E-state index contributed by atoms with van der Waals surface area (Å²) in [6, 6.07) is 12.7. The fraction of sp³-hybridized carbons (Fsp3) is 0.250. The first-order chi connectivity index (χ1) is 9.51. The minimum atomic E-state index is 0.0867. The van der Waals surface area contributed by atoms with E-state index in [4.69, 9.17) is 5.84 Å². The molecule has 0 amide bonds. The van der Waals surface area contributed by atoms with Crippen molar-refractivity contribution in [3.63, 3.8) is 0 Å². The Bertz CT molecular complexity index is 571. The van der Waals surface area contributed by atoms with Gasteiger partial charge >= 0.3 is 0 Å². The van der Waals surface area contributed by atoms with Crippen molar-refractivity contribution in [1.29, 1.82) is 0 Å². The highest BCUT2D eigenvalue weighted by molar-refractivity contribution is 9.11. The maximum absolute atomic E-state index is 5.77. The Labute approximate surface area is 137 Å². The van der Waals surface area contributed by atoms with Crippen LogP contribution >= 0.6 is 31.9 Å². The van der Waals surface area contributed by atoms with Crippen molar-refractivity contribution in [1.82, 2.24) is 5.43 Å². The van der Waals surface area contributed by atoms with E-state index in [2.05, 4.69) is 81.5 Å². The van der Waals surface area contributed by atoms with Crippen LogP contribution in [0, 0.1) is 13.8 Å². The third-order valence-electron chi connectivity index (χ3n) is 3.54. The van der Waals surface area contributed by atoms with Crippen LogP contribution in [0.25, 0.3) is 0 Å². The Kier molecular flexibility index (Phi) is 5.38. The topological polar surface area (TPSA) is 38.0 Å². The summed E-state index contributed by atoms with van der Waals surface area (Å²) in [4.78, 5) is 0. The molecule has 1 unspecified atom stereocenters. The number of hydrogen-bond donors (Lipinski definition) is 2. The van der Waals surface area contributed by atoms with E-state index < -0.39 is 0 Å². The highest BCUT2D eigenvalue weighted by atomic mass is 79.9. The second kappa shape index (κ2) is 6.85. The van der Waals surface area contributed by atoms with Crippen LogP contribution in [0.1, 0.15) is 28.3 Å². The summed E-state index contributed by atoms with van der Waals surface area (Å²) < 4.78 is 2.09. The highest BCUT2D eigenvalue weighted by Crippen LogP contribution is 2.27. The number of hydrogen-bond acceptors (Lipinski definition) is 2. The van der Waals surface area contributed by atoms with Crippen molar-refractivity contribution < 1.29 is 0 Å². The molecule has 0 fully saturated rings. The minimum absolute atomic E-state index is 0.0867. The quantitative estimate of drug-likeness (QED) is 0.585. The molecule has 0 aliphatic rings. The molecule has 2 rings (SSSR count). The lowest BCUT2D eigenvalue weighted by Crippen LogP contribution is -2.30. The molecule has 0 bridgehead atoms. The smallest absolute Gasteiger partial charge is 0.0501 e. The summed E-state index contributed by atoms with van der Waals surface area (Å²) in [5.74, 6) is 5.77. The molecule has 0 radical (unpaired) electrons. The highest BCUT2D eigenvalue weighted by Gasteiger charge is 2.14. The van der Waals surface area contributed by atoms with Crippen molar-refractivity contribution in [3.05, 3.63) is 67.6 Å². The summed E-state index contributed by atoms with van der Waals surface area (Å²) in [7, 11) is 0. The van der Waals surface area contributed by atoms with Gasteiger partial charge in [-0.15, -0.1) is 0 Å². The Balaban J connectivity index is 2.33. The molecule has 0 aromatic heterocycles. The van der Waals surface area contributed by atoms with Crippen LogP contribution in [0.15, 0.2) is 45.3 Å². The van der Waals surface area contributed by atoms with Crippen LogP contribution in [0.2, 0.25) is 0 Å². The van der Waals surface area contributed by atoms with E-state index in [1.54, 1.807) is 0 Å². The average molecular weight is 398 g/mol. The van der Waals surface area contributed by atoms with Gasteiger partial charge in [0.15, 0.2) is 0 Å². The second-order valence-corrected chi connectivity index (χ2v) is 6.83. The van der Waals surface area contributed by atoms with Crippen LogP contribution in [0.5, 0.6) is 0 Å². The van der Waals surface area contributed by atoms with Gasteiger partial charge in [0.1, 0.15) is 0 Å². The van der Waals surface area contributed by atoms with E-state index in [9.17, 15) is 0 Å². The summed E-state index contributed by atoms with van der Waals surface area (Å²) in [5.41, 5.74) is 8.06. The molecule has 20 heavy (non-hydrogen) atoms. The maximum atomic E-state index is 5.77. The van der Waals surface area contributed by atoms with Gasteiger partial charge < -0.3 is 0 Å². The zero-order chi connectivity index (χ0) is 14.7. The van der Waals surface area contributed by atoms with Crippen molar-refractivity contribution in [3.8, 4) is 0 Å². The van der Waals surface area contributed by atoms with Crippen molar-refractivity contribution >= 4 is 31.9 Å². The van der Waals surface area contributed by atoms with Crippen LogP contribution < -0.4 is 11.3 Å². The monoisotopic (exact) mass is 396 g/mol. The molecule has 0 aliphatic heterocycles. The van der Waals surface area contributed by atoms with E-state index in [0.29, 0.717) is 0 Å². The van der Waals surface area contributed by atoms with E-state index in [0.717, 1.165) is 20.9 Å². The molecule has 0 saturated heterocycles. The molecule has 2 nitrogen and oxygen atoms in total. The molecule has 0 heterocycles. The van der Waals surface area contributed by atoms with E-state index in [-0.39, 0.29) is 6.04 Å². The molecular weight excluding hydrogens is 380 g/mol. The predicted molar refractivity (Wildman–Crippen MR) is 91.5 cm³/mol. The molecule has 0 saturated carbocycles. The number of hydrazine groups is 1. The van der Waals surface area contributed by atoms with Crippen molar-refractivity contribution in [2.45, 2.75) is 26.3 Å². The third-order valence-corrected chi connectivity index (χ3v) is 4.46. The number of nitrogens with one attached hydrogen (secondary N) is 1. The summed E-state index contributed by atoms with van der Waals surface area (Å²) in [5, 5.41) is 0. The normalized spacial score (nSPS) is 12.4. The lowest BCUT2D eigenvalue weighted by atomic mass is 9.93. The van der Waals surface area contributed by atoms with E-state index in [1.807, 2.05) is 6.07 Å². The lowest BCUT2D eigenvalue weighted by molar-refractivity contribution is 0.549. The van der Waals surface area contributed by atoms with Gasteiger partial charge in [0, 0.05) is 8.95 Å². The number of nitrogens with two attached hydrogens (primary N) is 1. The fourth-order valence-electron chi connectivity index (χ4n) is 2.42. The van der Waals surface area contributed by atoms with Crippen LogP contribution in [-0.4, -0.2) is 0 Å². The maximum Gasteiger partial charge on any atom is 0.0501 e. The molecule has 106 valence electrons. The zero-order valence-electron chi connectivity index (χ0n) is 11.6. The van der Waals surface area contributed by atoms with Crippen LogP contribution in [0.4, 0.5) is 0 Å². The van der Waals surface area contributed by atoms with Gasteiger partial charge in [-0.3, -0.25) is 11.3 Å². The number of aryl methyl sites for hydroxylation is 2. The molecule has 2 aromatic carbocycles. The molecular formula is C16H18Br2N2. The Morgan fingerprint density at radius 2 is 1.60 bits per heavy atom. The Morgan fingerprint density at radius 1 is 1.05 bits per heavy atom. The van der Waals surface area contributed by atoms with Crippen molar-refractivity contribution in [2.75, 3.05) is 0 Å². The first-order valence-corrected chi connectivity index (χ1v) is 8.07. The first-order valence-electron chi connectivity index (χ1n) is 6.48. The molecule has 3 N–H and O–H groups in total. The van der Waals surface area contributed by atoms with Gasteiger partial charge in [-0.05, 0) is 60.7 Å². The van der Waals surface area contributed by atoms with E-state index >= 15 is 0 Å². The first kappa shape index (κ1) is 15.7. The van der Waals surface area contributed by atoms with Crippen molar-refractivity contribution in [2.24, 2.45) is 5.84 Å². The fourth-order valence-corrected chi connectivity index (χ4v) is 3.75. The number of halogens is 2. The molecule has 4 heteroatoms. The SMILES string of the molecule is Cc1cccc(C)c1CC(NN)c1cc(Br)cc(Br)c1. The van der Waals surface area contributed by atoms with E-state index in [1.165, 1.54) is 16.7 Å². The zero-order valence-corrected chi connectivity index (χ0v) is 14.8. The Hall–Kier alpha value is -0.680. The largest absolute Gasteiger partial charge is 0.271 e. The van der Waals surface area contributed by atoms with Gasteiger partial charge in [0.05, 0.1) is 6.04 Å². The Morgan fingerprint density at radius 3 is 2.10 bits per heavy atom. The summed E-state index contributed by atoms with van der Waals surface area (Å²) >= 11 is 7.05. The molecule has 0 spiro atoms. The van der Waals surface area contributed by atoms with Crippen LogP contribution in [0.3, 0.4) is 0 Å². The van der Waals surface area contributed by atoms with Crippen LogP contribution in [-0.2, 0) is 6.42 Å². The molecule has 1 atom stereocenters. The number of rotatable bonds is 4. The lowest BCUT2D eigenvalue weighted by Gasteiger charge is -2.20.